The molecule has 0 radical (unpaired) electrons. The van der Waals surface area contributed by atoms with Crippen LogP contribution in [-0.2, 0) is 9.53 Å². The Hall–Kier alpha value is -0.650. The van der Waals surface area contributed by atoms with Crippen LogP contribution in [0.1, 0.15) is 26.7 Å². The van der Waals surface area contributed by atoms with Gasteiger partial charge in [-0.15, -0.1) is 0 Å². The van der Waals surface area contributed by atoms with Gasteiger partial charge in [0.1, 0.15) is 6.04 Å². The van der Waals surface area contributed by atoms with Gasteiger partial charge < -0.3 is 15.0 Å². The molecule has 5 heteroatoms. The van der Waals surface area contributed by atoms with Crippen LogP contribution in [0.15, 0.2) is 0 Å². The van der Waals surface area contributed by atoms with Crippen LogP contribution >= 0.6 is 0 Å². The van der Waals surface area contributed by atoms with Crippen LogP contribution in [0.25, 0.3) is 0 Å². The first-order chi connectivity index (χ1) is 8.93. The molecule has 0 spiro atoms. The van der Waals surface area contributed by atoms with Crippen molar-refractivity contribution in [1.82, 2.24) is 15.1 Å². The summed E-state index contributed by atoms with van der Waals surface area (Å²) in [5.41, 5.74) is 0. The summed E-state index contributed by atoms with van der Waals surface area (Å²) in [4.78, 5) is 16.4. The Labute approximate surface area is 117 Å². The molecule has 1 aliphatic heterocycles. The molecule has 1 saturated heterocycles. The van der Waals surface area contributed by atoms with Crippen molar-refractivity contribution in [3.8, 4) is 0 Å². The molecule has 0 aromatic heterocycles. The Morgan fingerprint density at radius 2 is 2.21 bits per heavy atom. The molecule has 19 heavy (non-hydrogen) atoms. The van der Waals surface area contributed by atoms with Crippen molar-refractivity contribution in [2.45, 2.75) is 44.8 Å². The molecule has 0 aromatic carbocycles. The zero-order chi connectivity index (χ0) is 14.4. The summed E-state index contributed by atoms with van der Waals surface area (Å²) in [6.45, 7) is 7.04. The molecule has 0 bridgehead atoms. The van der Waals surface area contributed by atoms with Crippen LogP contribution in [-0.4, -0.2) is 74.7 Å². The number of likely N-dealkylation sites (N-methyl/N-ethyl adjacent to an activating group) is 2. The number of likely N-dealkylation sites (tertiary alicyclic amines) is 1. The molecule has 1 N–H and O–H groups in total. The van der Waals surface area contributed by atoms with Gasteiger partial charge in [-0.2, -0.15) is 0 Å². The van der Waals surface area contributed by atoms with Gasteiger partial charge in [-0.05, 0) is 33.5 Å². The lowest BCUT2D eigenvalue weighted by molar-refractivity contribution is -0.144. The Balaban J connectivity index is 2.54. The monoisotopic (exact) mass is 271 g/mol. The van der Waals surface area contributed by atoms with Crippen molar-refractivity contribution < 1.29 is 9.53 Å². The van der Waals surface area contributed by atoms with E-state index in [1.807, 2.05) is 13.8 Å². The number of carbonyl (C=O) groups excluding carboxylic acids is 1. The zero-order valence-electron chi connectivity index (χ0n) is 13.0. The Bertz CT molecular complexity index is 284. The molecule has 0 amide bonds. The minimum absolute atomic E-state index is 0.176. The molecule has 2 atom stereocenters. The van der Waals surface area contributed by atoms with Gasteiger partial charge in [0.15, 0.2) is 0 Å². The Morgan fingerprint density at radius 3 is 2.74 bits per heavy atom. The van der Waals surface area contributed by atoms with Crippen molar-refractivity contribution in [2.24, 2.45) is 0 Å². The lowest BCUT2D eigenvalue weighted by Gasteiger charge is -2.37. The Kier molecular flexibility index (Phi) is 6.75. The van der Waals surface area contributed by atoms with Crippen LogP contribution in [0.2, 0.25) is 0 Å². The highest BCUT2D eigenvalue weighted by molar-refractivity contribution is 5.76. The number of esters is 1. The van der Waals surface area contributed by atoms with Gasteiger partial charge in [0.05, 0.1) is 7.11 Å². The largest absolute Gasteiger partial charge is 0.468 e. The fourth-order valence-electron chi connectivity index (χ4n) is 2.68. The summed E-state index contributed by atoms with van der Waals surface area (Å²) < 4.78 is 4.88. The number of piperidine rings is 1. The predicted molar refractivity (Wildman–Crippen MR) is 77.2 cm³/mol. The number of hydrogen-bond donors (Lipinski definition) is 1. The van der Waals surface area contributed by atoms with Crippen LogP contribution in [0.3, 0.4) is 0 Å². The standard InChI is InChI=1S/C14H29N3O2/c1-11(2)15-13(14(18)19-5)10-17(4)12-7-6-8-16(3)9-12/h11-13,15H,6-10H2,1-5H3. The molecule has 0 aromatic rings. The van der Waals surface area contributed by atoms with Gasteiger partial charge in [-0.25, -0.2) is 0 Å². The quantitative estimate of drug-likeness (QED) is 0.715. The summed E-state index contributed by atoms with van der Waals surface area (Å²) in [5.74, 6) is -0.176. The summed E-state index contributed by atoms with van der Waals surface area (Å²) in [6.07, 6.45) is 2.43. The predicted octanol–water partition coefficient (Wildman–Crippen LogP) is 0.552. The minimum atomic E-state index is -0.248. The van der Waals surface area contributed by atoms with E-state index in [0.29, 0.717) is 12.6 Å². The van der Waals surface area contributed by atoms with E-state index in [9.17, 15) is 4.79 Å². The number of rotatable bonds is 6. The lowest BCUT2D eigenvalue weighted by Crippen LogP contribution is -2.53. The van der Waals surface area contributed by atoms with Crippen molar-refractivity contribution >= 4 is 5.97 Å². The zero-order valence-corrected chi connectivity index (χ0v) is 13.0. The molecule has 0 aliphatic carbocycles. The number of carbonyl (C=O) groups is 1. The third-order valence-corrected chi connectivity index (χ3v) is 3.71. The van der Waals surface area contributed by atoms with E-state index in [-0.39, 0.29) is 18.1 Å². The van der Waals surface area contributed by atoms with Gasteiger partial charge in [0, 0.05) is 25.2 Å². The maximum atomic E-state index is 11.8. The smallest absolute Gasteiger partial charge is 0.324 e. The minimum Gasteiger partial charge on any atom is -0.468 e. The third-order valence-electron chi connectivity index (χ3n) is 3.71. The second kappa shape index (κ2) is 7.82. The molecule has 2 unspecified atom stereocenters. The molecular formula is C14H29N3O2. The first-order valence-electron chi connectivity index (χ1n) is 7.16. The van der Waals surface area contributed by atoms with E-state index in [4.69, 9.17) is 4.74 Å². The lowest BCUT2D eigenvalue weighted by atomic mass is 10.0. The molecule has 1 rings (SSSR count). The Morgan fingerprint density at radius 1 is 1.53 bits per heavy atom. The van der Waals surface area contributed by atoms with Gasteiger partial charge in [-0.3, -0.25) is 9.69 Å². The number of nitrogens with zero attached hydrogens (tertiary/aromatic N) is 2. The summed E-state index contributed by atoms with van der Waals surface area (Å²) >= 11 is 0. The second-order valence-electron chi connectivity index (χ2n) is 5.89. The fourth-order valence-corrected chi connectivity index (χ4v) is 2.68. The van der Waals surface area contributed by atoms with Crippen LogP contribution < -0.4 is 5.32 Å². The summed E-state index contributed by atoms with van der Waals surface area (Å²) in [7, 11) is 5.71. The van der Waals surface area contributed by atoms with Crippen molar-refractivity contribution in [3.05, 3.63) is 0 Å². The van der Waals surface area contributed by atoms with E-state index >= 15 is 0 Å². The highest BCUT2D eigenvalue weighted by Gasteiger charge is 2.27. The molecular weight excluding hydrogens is 242 g/mol. The van der Waals surface area contributed by atoms with Gasteiger partial charge >= 0.3 is 5.97 Å². The number of hydrogen-bond acceptors (Lipinski definition) is 5. The maximum absolute atomic E-state index is 11.8. The summed E-state index contributed by atoms with van der Waals surface area (Å²) in [6, 6.07) is 0.550. The molecule has 1 fully saturated rings. The van der Waals surface area contributed by atoms with E-state index in [0.717, 1.165) is 6.54 Å². The highest BCUT2D eigenvalue weighted by Crippen LogP contribution is 2.13. The maximum Gasteiger partial charge on any atom is 0.324 e. The highest BCUT2D eigenvalue weighted by atomic mass is 16.5. The number of ether oxygens (including phenoxy) is 1. The van der Waals surface area contributed by atoms with Crippen LogP contribution in [0, 0.1) is 0 Å². The number of methoxy groups -OCH3 is 1. The average Bonchev–Trinajstić information content (AvgIpc) is 2.36. The topological polar surface area (TPSA) is 44.8 Å². The van der Waals surface area contributed by atoms with Crippen molar-refractivity contribution in [3.63, 3.8) is 0 Å². The van der Waals surface area contributed by atoms with Crippen molar-refractivity contribution in [2.75, 3.05) is 40.8 Å². The first-order valence-corrected chi connectivity index (χ1v) is 7.16. The number of nitrogens with one attached hydrogen (secondary N) is 1. The fraction of sp³-hybridized carbons (Fsp3) is 0.929. The third kappa shape index (κ3) is 5.47. The van der Waals surface area contributed by atoms with E-state index in [1.165, 1.54) is 26.5 Å². The summed E-state index contributed by atoms with van der Waals surface area (Å²) in [5, 5.41) is 3.28. The first kappa shape index (κ1) is 16.4. The molecule has 5 nitrogen and oxygen atoms in total. The van der Waals surface area contributed by atoms with E-state index in [1.54, 1.807) is 0 Å². The average molecular weight is 271 g/mol. The normalized spacial score (nSPS) is 22.8. The van der Waals surface area contributed by atoms with E-state index in [2.05, 4.69) is 29.2 Å². The van der Waals surface area contributed by atoms with Crippen LogP contribution in [0.4, 0.5) is 0 Å². The molecule has 1 aliphatic rings. The van der Waals surface area contributed by atoms with Gasteiger partial charge in [0.2, 0.25) is 0 Å². The molecule has 0 saturated carbocycles. The van der Waals surface area contributed by atoms with Gasteiger partial charge in [-0.1, -0.05) is 13.8 Å². The van der Waals surface area contributed by atoms with E-state index < -0.39 is 0 Å². The van der Waals surface area contributed by atoms with Gasteiger partial charge in [0.25, 0.3) is 0 Å². The molecule has 1 heterocycles. The van der Waals surface area contributed by atoms with Crippen LogP contribution in [0.5, 0.6) is 0 Å². The van der Waals surface area contributed by atoms with Crippen molar-refractivity contribution in [1.29, 1.82) is 0 Å². The SMILES string of the molecule is COC(=O)C(CN(C)C1CCCN(C)C1)NC(C)C. The second-order valence-corrected chi connectivity index (χ2v) is 5.89. The molecule has 112 valence electrons.